The molecule has 2 aliphatic rings. The normalized spacial score (nSPS) is 16.8. The van der Waals surface area contributed by atoms with E-state index in [-0.39, 0.29) is 23.3 Å². The highest BCUT2D eigenvalue weighted by atomic mass is 32.2. The van der Waals surface area contributed by atoms with Crippen LogP contribution in [0, 0.1) is 5.82 Å². The molecule has 1 unspecified atom stereocenters. The van der Waals surface area contributed by atoms with Gasteiger partial charge in [0.2, 0.25) is 10.0 Å². The lowest BCUT2D eigenvalue weighted by molar-refractivity contribution is 0.171. The predicted octanol–water partition coefficient (Wildman–Crippen LogP) is 3.50. The number of sulfonamides is 1. The van der Waals surface area contributed by atoms with Crippen LogP contribution in [0.4, 0.5) is 15.8 Å². The van der Waals surface area contributed by atoms with E-state index in [0.717, 1.165) is 43.1 Å². The van der Waals surface area contributed by atoms with Crippen molar-refractivity contribution >= 4 is 21.4 Å². The molecular weight excluding hydrogens is 507 g/mol. The number of nitrogens with zero attached hydrogens (tertiary/aromatic N) is 3. The van der Waals surface area contributed by atoms with Crippen molar-refractivity contribution in [3.63, 3.8) is 0 Å². The number of halogens is 1. The lowest BCUT2D eigenvalue weighted by Gasteiger charge is -2.40. The van der Waals surface area contributed by atoms with Crippen molar-refractivity contribution < 1.29 is 22.3 Å². The summed E-state index contributed by atoms with van der Waals surface area (Å²) in [6.07, 6.45) is 0. The number of piperazine rings is 1. The summed E-state index contributed by atoms with van der Waals surface area (Å²) in [5, 5.41) is 0. The number of nitrogens with one attached hydrogen (secondary N) is 1. The van der Waals surface area contributed by atoms with Crippen molar-refractivity contribution in [2.24, 2.45) is 0 Å². The minimum Gasteiger partial charge on any atom is -0.486 e. The second kappa shape index (κ2) is 11.2. The molecular formula is C28H33FN4O4S. The van der Waals surface area contributed by atoms with Crippen LogP contribution in [-0.4, -0.2) is 73.4 Å². The van der Waals surface area contributed by atoms with Gasteiger partial charge in [0.25, 0.3) is 0 Å². The summed E-state index contributed by atoms with van der Waals surface area (Å²) in [6, 6.07) is 19.3. The standard InChI is InChI=1S/C28H33FN4O4S/c1-31(2)23-7-3-21(4-8-23)26(33-15-13-32(14-16-33)24-9-5-22(29)6-10-24)20-30-38(34,35)25-11-12-27-28(19-25)37-18-17-36-27/h3-12,19,26,30H,13-18,20H2,1-2H3. The fraction of sp³-hybridized carbons (Fsp3) is 0.357. The van der Waals surface area contributed by atoms with Crippen molar-refractivity contribution in [1.82, 2.24) is 9.62 Å². The zero-order valence-electron chi connectivity index (χ0n) is 21.6. The molecule has 0 amide bonds. The molecule has 1 fully saturated rings. The molecule has 0 aliphatic carbocycles. The van der Waals surface area contributed by atoms with E-state index in [4.69, 9.17) is 9.47 Å². The third kappa shape index (κ3) is 5.87. The molecule has 1 saturated heterocycles. The number of benzene rings is 3. The van der Waals surface area contributed by atoms with Crippen LogP contribution in [0.25, 0.3) is 0 Å². The van der Waals surface area contributed by atoms with E-state index in [0.29, 0.717) is 24.7 Å². The van der Waals surface area contributed by atoms with Crippen LogP contribution < -0.4 is 24.0 Å². The zero-order valence-corrected chi connectivity index (χ0v) is 22.5. The maximum absolute atomic E-state index is 13.4. The Morgan fingerprint density at radius 2 is 1.55 bits per heavy atom. The van der Waals surface area contributed by atoms with E-state index in [1.165, 1.54) is 24.3 Å². The summed E-state index contributed by atoms with van der Waals surface area (Å²) in [6.45, 7) is 4.04. The second-order valence-electron chi connectivity index (χ2n) is 9.66. The molecule has 8 nitrogen and oxygen atoms in total. The van der Waals surface area contributed by atoms with Crippen LogP contribution in [-0.2, 0) is 10.0 Å². The quantitative estimate of drug-likeness (QED) is 0.469. The Morgan fingerprint density at radius 1 is 0.895 bits per heavy atom. The molecule has 1 N–H and O–H groups in total. The van der Waals surface area contributed by atoms with Gasteiger partial charge >= 0.3 is 0 Å². The lowest BCUT2D eigenvalue weighted by Crippen LogP contribution is -2.49. The van der Waals surface area contributed by atoms with E-state index in [2.05, 4.69) is 26.7 Å². The maximum atomic E-state index is 13.4. The smallest absolute Gasteiger partial charge is 0.240 e. The maximum Gasteiger partial charge on any atom is 0.240 e. The fourth-order valence-electron chi connectivity index (χ4n) is 4.86. The first-order chi connectivity index (χ1) is 18.3. The van der Waals surface area contributed by atoms with Crippen molar-refractivity contribution in [2.75, 3.05) is 69.8 Å². The summed E-state index contributed by atoms with van der Waals surface area (Å²) in [7, 11) is 0.196. The second-order valence-corrected chi connectivity index (χ2v) is 11.4. The van der Waals surface area contributed by atoms with Gasteiger partial charge in [-0.05, 0) is 54.1 Å². The van der Waals surface area contributed by atoms with Gasteiger partial charge in [0, 0.05) is 70.3 Å². The number of ether oxygens (including phenoxy) is 2. The van der Waals surface area contributed by atoms with E-state index in [1.54, 1.807) is 18.2 Å². The molecule has 1 atom stereocenters. The van der Waals surface area contributed by atoms with Crippen LogP contribution in [0.15, 0.2) is 71.6 Å². The lowest BCUT2D eigenvalue weighted by atomic mass is 10.0. The number of hydrogen-bond acceptors (Lipinski definition) is 7. The SMILES string of the molecule is CN(C)c1ccc(C(CNS(=O)(=O)c2ccc3c(c2)OCCO3)N2CCN(c3ccc(F)cc3)CC2)cc1. The summed E-state index contributed by atoms with van der Waals surface area (Å²) >= 11 is 0. The molecule has 0 radical (unpaired) electrons. The Hall–Kier alpha value is -3.34. The minimum absolute atomic E-state index is 0.143. The van der Waals surface area contributed by atoms with Crippen LogP contribution in [0.3, 0.4) is 0 Å². The molecule has 202 valence electrons. The van der Waals surface area contributed by atoms with Crippen molar-refractivity contribution in [3.05, 3.63) is 78.1 Å². The Bertz CT molecular complexity index is 1340. The van der Waals surface area contributed by atoms with Gasteiger partial charge in [0.05, 0.1) is 4.90 Å². The number of hydrogen-bond donors (Lipinski definition) is 1. The van der Waals surface area contributed by atoms with Gasteiger partial charge in [-0.2, -0.15) is 0 Å². The van der Waals surface area contributed by atoms with E-state index in [1.807, 2.05) is 31.1 Å². The van der Waals surface area contributed by atoms with Gasteiger partial charge in [0.15, 0.2) is 11.5 Å². The van der Waals surface area contributed by atoms with Crippen molar-refractivity contribution in [3.8, 4) is 11.5 Å². The topological polar surface area (TPSA) is 74.3 Å². The number of anilines is 2. The van der Waals surface area contributed by atoms with Crippen LogP contribution in [0.2, 0.25) is 0 Å². The molecule has 10 heteroatoms. The fourth-order valence-corrected chi connectivity index (χ4v) is 5.91. The Morgan fingerprint density at radius 3 is 2.21 bits per heavy atom. The van der Waals surface area contributed by atoms with Crippen LogP contribution in [0.1, 0.15) is 11.6 Å². The first kappa shape index (κ1) is 26.3. The third-order valence-electron chi connectivity index (χ3n) is 7.03. The first-order valence-electron chi connectivity index (χ1n) is 12.7. The van der Waals surface area contributed by atoms with Crippen molar-refractivity contribution in [2.45, 2.75) is 10.9 Å². The monoisotopic (exact) mass is 540 g/mol. The molecule has 38 heavy (non-hydrogen) atoms. The van der Waals surface area contributed by atoms with Gasteiger partial charge in [0.1, 0.15) is 19.0 Å². The zero-order chi connectivity index (χ0) is 26.7. The van der Waals surface area contributed by atoms with Gasteiger partial charge in [-0.25, -0.2) is 17.5 Å². The van der Waals surface area contributed by atoms with E-state index < -0.39 is 10.0 Å². The summed E-state index contributed by atoms with van der Waals surface area (Å²) in [4.78, 5) is 6.70. The molecule has 2 heterocycles. The third-order valence-corrected chi connectivity index (χ3v) is 8.45. The predicted molar refractivity (Wildman–Crippen MR) is 146 cm³/mol. The molecule has 0 bridgehead atoms. The molecule has 2 aliphatic heterocycles. The van der Waals surface area contributed by atoms with Crippen molar-refractivity contribution in [1.29, 1.82) is 0 Å². The van der Waals surface area contributed by atoms with E-state index in [9.17, 15) is 12.8 Å². The molecule has 0 saturated carbocycles. The largest absolute Gasteiger partial charge is 0.486 e. The van der Waals surface area contributed by atoms with Crippen LogP contribution >= 0.6 is 0 Å². The van der Waals surface area contributed by atoms with Crippen LogP contribution in [0.5, 0.6) is 11.5 Å². The number of rotatable bonds is 8. The highest BCUT2D eigenvalue weighted by Gasteiger charge is 2.28. The summed E-state index contributed by atoms with van der Waals surface area (Å²) < 4.78 is 53.9. The molecule has 5 rings (SSSR count). The highest BCUT2D eigenvalue weighted by Crippen LogP contribution is 2.32. The summed E-state index contributed by atoms with van der Waals surface area (Å²) in [5.41, 5.74) is 3.10. The van der Waals surface area contributed by atoms with Gasteiger partial charge in [-0.3, -0.25) is 4.90 Å². The van der Waals surface area contributed by atoms with E-state index >= 15 is 0 Å². The first-order valence-corrected chi connectivity index (χ1v) is 14.2. The Labute approximate surface area is 223 Å². The average Bonchev–Trinajstić information content (AvgIpc) is 2.94. The van der Waals surface area contributed by atoms with Gasteiger partial charge < -0.3 is 19.3 Å². The van der Waals surface area contributed by atoms with Gasteiger partial charge in [-0.1, -0.05) is 12.1 Å². The van der Waals surface area contributed by atoms with Gasteiger partial charge in [-0.15, -0.1) is 0 Å². The molecule has 3 aromatic carbocycles. The molecule has 0 spiro atoms. The summed E-state index contributed by atoms with van der Waals surface area (Å²) in [5.74, 6) is 0.735. The Kier molecular flexibility index (Phi) is 7.73. The molecule has 3 aromatic rings. The Balaban J connectivity index is 1.33. The molecule has 0 aromatic heterocycles. The minimum atomic E-state index is -3.78. The highest BCUT2D eigenvalue weighted by molar-refractivity contribution is 7.89. The average molecular weight is 541 g/mol. The number of fused-ring (bicyclic) bond motifs is 1.